The van der Waals surface area contributed by atoms with Crippen LogP contribution in [0.1, 0.15) is 13.8 Å². The van der Waals surface area contributed by atoms with Crippen molar-refractivity contribution in [2.75, 3.05) is 5.75 Å². The van der Waals surface area contributed by atoms with Gasteiger partial charge in [-0.15, -0.1) is 11.8 Å². The van der Waals surface area contributed by atoms with Crippen molar-refractivity contribution in [2.45, 2.75) is 42.9 Å². The van der Waals surface area contributed by atoms with E-state index in [1.54, 1.807) is 18.7 Å². The zero-order chi connectivity index (χ0) is 17.9. The van der Waals surface area contributed by atoms with Crippen LogP contribution >= 0.6 is 23.5 Å². The van der Waals surface area contributed by atoms with Crippen LogP contribution in [0.2, 0.25) is 0 Å². The first-order valence-electron chi connectivity index (χ1n) is 8.06. The van der Waals surface area contributed by atoms with Gasteiger partial charge in [-0.1, -0.05) is 18.7 Å². The lowest BCUT2D eigenvalue weighted by Gasteiger charge is -2.46. The van der Waals surface area contributed by atoms with Crippen molar-refractivity contribution in [1.82, 2.24) is 19.7 Å². The lowest BCUT2D eigenvalue weighted by molar-refractivity contribution is -0.163. The average Bonchev–Trinajstić information content (AvgIpc) is 3.09. The summed E-state index contributed by atoms with van der Waals surface area (Å²) in [4.78, 5) is 30.4. The van der Waals surface area contributed by atoms with Crippen LogP contribution in [-0.2, 0) is 16.1 Å². The standard InChI is InChI=1S/C15H18N4O4S2/c1-6-10-9(7(2)20)13(21)19(10)11(14(22)23)12(6)25-8-3-18-15(24-4-8)16-5-17-18/h5-10,20H,3-4H2,1-2H3,(H,22,23)/t6-,7-,8?,9-,10-/m1/s1. The second kappa shape index (κ2) is 6.03. The van der Waals surface area contributed by atoms with E-state index < -0.39 is 18.0 Å². The number of aliphatic carboxylic acids is 1. The summed E-state index contributed by atoms with van der Waals surface area (Å²) < 4.78 is 1.82. The molecule has 10 heteroatoms. The molecule has 0 aromatic carbocycles. The monoisotopic (exact) mass is 382 g/mol. The van der Waals surface area contributed by atoms with Gasteiger partial charge in [-0.2, -0.15) is 5.10 Å². The van der Waals surface area contributed by atoms with Crippen LogP contribution in [0.4, 0.5) is 0 Å². The molecular weight excluding hydrogens is 364 g/mol. The van der Waals surface area contributed by atoms with Gasteiger partial charge in [0.2, 0.25) is 5.91 Å². The highest BCUT2D eigenvalue weighted by Gasteiger charge is 2.60. The van der Waals surface area contributed by atoms with Crippen molar-refractivity contribution >= 4 is 35.4 Å². The Morgan fingerprint density at radius 2 is 2.28 bits per heavy atom. The molecule has 0 aliphatic carbocycles. The van der Waals surface area contributed by atoms with Crippen LogP contribution < -0.4 is 0 Å². The van der Waals surface area contributed by atoms with E-state index in [0.29, 0.717) is 6.54 Å². The van der Waals surface area contributed by atoms with Gasteiger partial charge in [-0.25, -0.2) is 14.5 Å². The lowest BCUT2D eigenvalue weighted by atomic mass is 9.79. The van der Waals surface area contributed by atoms with Crippen LogP contribution in [0.25, 0.3) is 0 Å². The number of carbonyl (C=O) groups excluding carboxylic acids is 1. The summed E-state index contributed by atoms with van der Waals surface area (Å²) in [5, 5.41) is 24.8. The predicted molar refractivity (Wildman–Crippen MR) is 91.8 cm³/mol. The van der Waals surface area contributed by atoms with Crippen molar-refractivity contribution in [3.8, 4) is 0 Å². The van der Waals surface area contributed by atoms with Gasteiger partial charge in [-0.05, 0) is 6.92 Å². The minimum absolute atomic E-state index is 0.0822. The predicted octanol–water partition coefficient (Wildman–Crippen LogP) is 0.639. The molecule has 1 fully saturated rings. The minimum Gasteiger partial charge on any atom is -0.477 e. The zero-order valence-corrected chi connectivity index (χ0v) is 15.3. The third kappa shape index (κ3) is 2.49. The minimum atomic E-state index is -1.08. The van der Waals surface area contributed by atoms with Crippen LogP contribution in [0.3, 0.4) is 0 Å². The van der Waals surface area contributed by atoms with Gasteiger partial charge in [0.1, 0.15) is 12.0 Å². The molecule has 4 rings (SSSR count). The number of aliphatic hydroxyl groups excluding tert-OH is 1. The summed E-state index contributed by atoms with van der Waals surface area (Å²) in [6.45, 7) is 4.19. The number of amides is 1. The first-order chi connectivity index (χ1) is 11.9. The maximum absolute atomic E-state index is 12.3. The molecule has 1 saturated heterocycles. The molecular formula is C15H18N4O4S2. The second-order valence-corrected chi connectivity index (χ2v) is 8.88. The topological polar surface area (TPSA) is 109 Å². The molecule has 3 aliphatic heterocycles. The Labute approximate surface area is 152 Å². The molecule has 1 aromatic rings. The Morgan fingerprint density at radius 1 is 1.52 bits per heavy atom. The number of fused-ring (bicyclic) bond motifs is 2. The molecule has 8 nitrogen and oxygen atoms in total. The molecule has 4 heterocycles. The number of rotatable bonds is 4. The van der Waals surface area contributed by atoms with E-state index >= 15 is 0 Å². The molecule has 2 N–H and O–H groups in total. The molecule has 1 amide bonds. The fourth-order valence-corrected chi connectivity index (χ4v) is 6.37. The highest BCUT2D eigenvalue weighted by molar-refractivity contribution is 8.05. The lowest BCUT2D eigenvalue weighted by Crippen LogP contribution is -2.63. The molecule has 0 bridgehead atoms. The maximum Gasteiger partial charge on any atom is 0.353 e. The van der Waals surface area contributed by atoms with E-state index in [1.807, 2.05) is 11.6 Å². The highest BCUT2D eigenvalue weighted by atomic mass is 32.2. The number of aromatic nitrogens is 3. The molecule has 25 heavy (non-hydrogen) atoms. The van der Waals surface area contributed by atoms with Crippen LogP contribution in [0.5, 0.6) is 0 Å². The van der Waals surface area contributed by atoms with Gasteiger partial charge in [0.25, 0.3) is 0 Å². The van der Waals surface area contributed by atoms with E-state index in [9.17, 15) is 19.8 Å². The third-order valence-corrected chi connectivity index (χ3v) is 7.78. The van der Waals surface area contributed by atoms with E-state index in [1.165, 1.54) is 23.0 Å². The van der Waals surface area contributed by atoms with E-state index in [-0.39, 0.29) is 28.8 Å². The summed E-state index contributed by atoms with van der Waals surface area (Å²) in [6, 6.07) is -0.265. The van der Waals surface area contributed by atoms with Gasteiger partial charge in [-0.3, -0.25) is 4.79 Å². The van der Waals surface area contributed by atoms with Gasteiger partial charge in [0, 0.05) is 21.8 Å². The van der Waals surface area contributed by atoms with Crippen molar-refractivity contribution in [3.63, 3.8) is 0 Å². The van der Waals surface area contributed by atoms with E-state index in [2.05, 4.69) is 10.1 Å². The molecule has 0 spiro atoms. The Hall–Kier alpha value is -1.52. The number of carboxylic acids is 1. The maximum atomic E-state index is 12.3. The van der Waals surface area contributed by atoms with Crippen LogP contribution in [-0.4, -0.2) is 64.9 Å². The fourth-order valence-electron chi connectivity index (χ4n) is 3.83. The number of hydrogen-bond donors (Lipinski definition) is 2. The number of carbonyl (C=O) groups is 2. The third-order valence-electron chi connectivity index (χ3n) is 4.96. The number of carboxylic acid groups (broad SMARTS) is 1. The Kier molecular flexibility index (Phi) is 4.08. The summed E-state index contributed by atoms with van der Waals surface area (Å²) in [5.74, 6) is -1.19. The molecule has 0 radical (unpaired) electrons. The molecule has 134 valence electrons. The van der Waals surface area contributed by atoms with Gasteiger partial charge >= 0.3 is 5.97 Å². The summed E-state index contributed by atoms with van der Waals surface area (Å²) in [5.41, 5.74) is 0.0822. The van der Waals surface area contributed by atoms with E-state index in [4.69, 9.17) is 0 Å². The van der Waals surface area contributed by atoms with Crippen molar-refractivity contribution in [3.05, 3.63) is 16.9 Å². The summed E-state index contributed by atoms with van der Waals surface area (Å²) in [7, 11) is 0. The Bertz CT molecular complexity index is 777. The molecule has 3 aliphatic rings. The Morgan fingerprint density at radius 3 is 2.96 bits per heavy atom. The summed E-state index contributed by atoms with van der Waals surface area (Å²) >= 11 is 3.12. The average molecular weight is 382 g/mol. The molecule has 5 atom stereocenters. The van der Waals surface area contributed by atoms with Crippen LogP contribution in [0.15, 0.2) is 22.1 Å². The SMILES string of the molecule is C[C@@H](O)[C@H]1C(=O)N2C(C(=O)O)=C(SC3CSc4ncnn4C3)[C@H](C)[C@H]12. The quantitative estimate of drug-likeness (QED) is 0.731. The number of β-lactam (4-membered cyclic amide) rings is 1. The fraction of sp³-hybridized carbons (Fsp3) is 0.600. The Balaban J connectivity index is 1.60. The van der Waals surface area contributed by atoms with Crippen molar-refractivity contribution in [2.24, 2.45) is 11.8 Å². The first kappa shape index (κ1) is 16.9. The second-order valence-electron chi connectivity index (χ2n) is 6.55. The molecule has 1 unspecified atom stereocenters. The smallest absolute Gasteiger partial charge is 0.353 e. The van der Waals surface area contributed by atoms with Crippen molar-refractivity contribution < 1.29 is 19.8 Å². The van der Waals surface area contributed by atoms with Gasteiger partial charge in [0.05, 0.1) is 24.6 Å². The molecule has 1 aromatic heterocycles. The largest absolute Gasteiger partial charge is 0.477 e. The highest BCUT2D eigenvalue weighted by Crippen LogP contribution is 2.51. The van der Waals surface area contributed by atoms with E-state index in [0.717, 1.165) is 15.8 Å². The molecule has 0 saturated carbocycles. The van der Waals surface area contributed by atoms with Crippen molar-refractivity contribution in [1.29, 1.82) is 0 Å². The number of thioether (sulfide) groups is 2. The zero-order valence-electron chi connectivity index (χ0n) is 13.7. The van der Waals surface area contributed by atoms with Crippen LogP contribution in [0, 0.1) is 11.8 Å². The number of hydrogen-bond acceptors (Lipinski definition) is 7. The number of nitrogens with zero attached hydrogens (tertiary/aromatic N) is 4. The van der Waals surface area contributed by atoms with Gasteiger partial charge < -0.3 is 15.1 Å². The normalized spacial score (nSPS) is 32.3. The number of aliphatic hydroxyl groups is 1. The van der Waals surface area contributed by atoms with Gasteiger partial charge in [0.15, 0.2) is 5.16 Å². The summed E-state index contributed by atoms with van der Waals surface area (Å²) in [6.07, 6.45) is 0.742. The first-order valence-corrected chi connectivity index (χ1v) is 9.92.